The fraction of sp³-hybridized carbons (Fsp3) is 0. The van der Waals surface area contributed by atoms with Crippen molar-refractivity contribution in [1.29, 1.82) is 0 Å². The van der Waals surface area contributed by atoms with Crippen LogP contribution < -0.4 is 10.6 Å². The fourth-order valence-electron chi connectivity index (χ4n) is 4.75. The van der Waals surface area contributed by atoms with Crippen molar-refractivity contribution in [3.05, 3.63) is 132 Å². The van der Waals surface area contributed by atoms with Gasteiger partial charge in [-0.1, -0.05) is 97.1 Å². The van der Waals surface area contributed by atoms with Crippen LogP contribution in [0.5, 0.6) is 0 Å². The number of carbonyl (C=O) groups excluding carboxylic acids is 2. The molecule has 172 valence electrons. The molecule has 0 heterocycles. The Balaban J connectivity index is 1.34. The third-order valence-corrected chi connectivity index (χ3v) is 6.49. The van der Waals surface area contributed by atoms with E-state index < -0.39 is 0 Å². The van der Waals surface area contributed by atoms with Gasteiger partial charge in [-0.3, -0.25) is 9.59 Å². The molecule has 6 rings (SSSR count). The average Bonchev–Trinajstić information content (AvgIpc) is 2.93. The van der Waals surface area contributed by atoms with Crippen molar-refractivity contribution in [2.45, 2.75) is 0 Å². The van der Waals surface area contributed by atoms with E-state index in [9.17, 15) is 9.59 Å². The summed E-state index contributed by atoms with van der Waals surface area (Å²) in [5.74, 6) is -0.353. The van der Waals surface area contributed by atoms with Gasteiger partial charge in [0.05, 0.1) is 0 Å². The lowest BCUT2D eigenvalue weighted by atomic mass is 10.0. The molecular weight excluding hydrogens is 444 g/mol. The Morgan fingerprint density at radius 2 is 0.750 bits per heavy atom. The van der Waals surface area contributed by atoms with Gasteiger partial charge in [0.1, 0.15) is 0 Å². The Labute approximate surface area is 208 Å². The van der Waals surface area contributed by atoms with Gasteiger partial charge in [0.15, 0.2) is 0 Å². The maximum absolute atomic E-state index is 13.3. The number of amides is 2. The van der Waals surface area contributed by atoms with E-state index in [4.69, 9.17) is 0 Å². The van der Waals surface area contributed by atoms with Crippen molar-refractivity contribution in [1.82, 2.24) is 0 Å². The molecule has 0 saturated heterocycles. The lowest BCUT2D eigenvalue weighted by Crippen LogP contribution is -2.14. The van der Waals surface area contributed by atoms with E-state index in [2.05, 4.69) is 10.6 Å². The van der Waals surface area contributed by atoms with Crippen molar-refractivity contribution >= 4 is 55.5 Å². The predicted octanol–water partition coefficient (Wildman–Crippen LogP) is 7.65. The van der Waals surface area contributed by atoms with Gasteiger partial charge in [0, 0.05) is 33.3 Å². The van der Waals surface area contributed by atoms with Crippen LogP contribution in [0.2, 0.25) is 0 Å². The molecular formula is C32H22N2O2. The molecule has 6 aromatic rings. The van der Waals surface area contributed by atoms with Crippen LogP contribution in [0.25, 0.3) is 32.3 Å². The zero-order valence-corrected chi connectivity index (χ0v) is 19.4. The molecule has 36 heavy (non-hydrogen) atoms. The molecule has 0 fully saturated rings. The minimum Gasteiger partial charge on any atom is -0.321 e. The molecule has 0 aliphatic heterocycles. The van der Waals surface area contributed by atoms with E-state index in [1.54, 1.807) is 0 Å². The highest BCUT2D eigenvalue weighted by Crippen LogP contribution is 2.31. The summed E-state index contributed by atoms with van der Waals surface area (Å²) < 4.78 is 0. The molecule has 0 aliphatic rings. The van der Waals surface area contributed by atoms with Crippen molar-refractivity contribution in [3.63, 3.8) is 0 Å². The first kappa shape index (κ1) is 21.6. The fourth-order valence-corrected chi connectivity index (χ4v) is 4.75. The highest BCUT2D eigenvalue weighted by atomic mass is 16.2. The molecule has 6 aromatic carbocycles. The predicted molar refractivity (Wildman–Crippen MR) is 148 cm³/mol. The van der Waals surface area contributed by atoms with Crippen LogP contribution in [0, 0.1) is 0 Å². The monoisotopic (exact) mass is 466 g/mol. The third kappa shape index (κ3) is 3.85. The number of anilines is 2. The normalized spacial score (nSPS) is 11.0. The highest BCUT2D eigenvalue weighted by Gasteiger charge is 2.15. The SMILES string of the molecule is O=C(Nc1cccc2c(NC(=O)c3cccc4ccccc34)cccc12)c1cccc2ccccc12. The minimum absolute atomic E-state index is 0.176. The van der Waals surface area contributed by atoms with Gasteiger partial charge < -0.3 is 10.6 Å². The lowest BCUT2D eigenvalue weighted by Gasteiger charge is -2.14. The summed E-state index contributed by atoms with van der Waals surface area (Å²) in [5, 5.41) is 11.7. The van der Waals surface area contributed by atoms with E-state index in [-0.39, 0.29) is 11.8 Å². The first-order valence-corrected chi connectivity index (χ1v) is 11.8. The van der Waals surface area contributed by atoms with Gasteiger partial charge >= 0.3 is 0 Å². The van der Waals surface area contributed by atoms with Gasteiger partial charge in [0.25, 0.3) is 11.8 Å². The summed E-state index contributed by atoms with van der Waals surface area (Å²) in [6, 6.07) is 38.5. The lowest BCUT2D eigenvalue weighted by molar-refractivity contribution is 0.102. The van der Waals surface area contributed by atoms with Crippen LogP contribution in [0.3, 0.4) is 0 Å². The Morgan fingerprint density at radius 3 is 1.22 bits per heavy atom. The zero-order valence-electron chi connectivity index (χ0n) is 19.4. The third-order valence-electron chi connectivity index (χ3n) is 6.49. The molecule has 4 nitrogen and oxygen atoms in total. The molecule has 0 unspecified atom stereocenters. The van der Waals surface area contributed by atoms with E-state index in [0.717, 1.165) is 32.3 Å². The largest absolute Gasteiger partial charge is 0.321 e. The van der Waals surface area contributed by atoms with Crippen LogP contribution >= 0.6 is 0 Å². The van der Waals surface area contributed by atoms with Gasteiger partial charge in [-0.2, -0.15) is 0 Å². The summed E-state index contributed by atoms with van der Waals surface area (Å²) in [6.07, 6.45) is 0. The number of hydrogen-bond acceptors (Lipinski definition) is 2. The number of fused-ring (bicyclic) bond motifs is 3. The summed E-state index contributed by atoms with van der Waals surface area (Å²) >= 11 is 0. The molecule has 0 saturated carbocycles. The topological polar surface area (TPSA) is 58.2 Å². The van der Waals surface area contributed by atoms with Gasteiger partial charge in [-0.25, -0.2) is 0 Å². The molecule has 0 aliphatic carbocycles. The van der Waals surface area contributed by atoms with Crippen molar-refractivity contribution < 1.29 is 9.59 Å². The number of hydrogen-bond donors (Lipinski definition) is 2. The molecule has 0 spiro atoms. The Morgan fingerprint density at radius 1 is 0.389 bits per heavy atom. The first-order chi connectivity index (χ1) is 17.7. The van der Waals surface area contributed by atoms with E-state index in [0.29, 0.717) is 22.5 Å². The summed E-state index contributed by atoms with van der Waals surface area (Å²) in [4.78, 5) is 26.5. The first-order valence-electron chi connectivity index (χ1n) is 11.8. The van der Waals surface area contributed by atoms with Crippen LogP contribution in [0.4, 0.5) is 11.4 Å². The van der Waals surface area contributed by atoms with Gasteiger partial charge in [-0.15, -0.1) is 0 Å². The molecule has 0 aromatic heterocycles. The summed E-state index contributed by atoms with van der Waals surface area (Å²) in [5.41, 5.74) is 2.61. The number of benzene rings is 6. The zero-order chi connectivity index (χ0) is 24.5. The number of rotatable bonds is 4. The van der Waals surface area contributed by atoms with Crippen molar-refractivity contribution in [3.8, 4) is 0 Å². The van der Waals surface area contributed by atoms with Gasteiger partial charge in [0.2, 0.25) is 0 Å². The Kier molecular flexibility index (Phi) is 5.39. The second kappa shape index (κ2) is 9.01. The standard InChI is InChI=1S/C32H22N2O2/c35-31(27-17-5-11-21-9-1-3-13-23(21)27)33-29-19-7-16-26-25(29)15-8-20-30(26)34-32(36)28-18-6-12-22-10-2-4-14-24(22)28/h1-20H,(H,33,35)(H,34,36). The molecule has 4 heteroatoms. The van der Waals surface area contributed by atoms with Crippen LogP contribution in [-0.2, 0) is 0 Å². The number of carbonyl (C=O) groups is 2. The maximum Gasteiger partial charge on any atom is 0.256 e. The Hall–Kier alpha value is -4.96. The molecule has 0 radical (unpaired) electrons. The quantitative estimate of drug-likeness (QED) is 0.280. The summed E-state index contributed by atoms with van der Waals surface area (Å²) in [7, 11) is 0. The number of nitrogens with one attached hydrogen (secondary N) is 2. The maximum atomic E-state index is 13.3. The van der Waals surface area contributed by atoms with Gasteiger partial charge in [-0.05, 0) is 45.8 Å². The van der Waals surface area contributed by atoms with Crippen LogP contribution in [0.1, 0.15) is 20.7 Å². The Bertz CT molecular complexity index is 1650. The second-order valence-electron chi connectivity index (χ2n) is 8.67. The molecule has 0 bridgehead atoms. The van der Waals surface area contributed by atoms with E-state index in [1.807, 2.05) is 121 Å². The minimum atomic E-state index is -0.176. The van der Waals surface area contributed by atoms with E-state index >= 15 is 0 Å². The average molecular weight is 467 g/mol. The molecule has 2 amide bonds. The van der Waals surface area contributed by atoms with E-state index in [1.165, 1.54) is 0 Å². The molecule has 2 N–H and O–H groups in total. The summed E-state index contributed by atoms with van der Waals surface area (Å²) in [6.45, 7) is 0. The smallest absolute Gasteiger partial charge is 0.256 e. The molecule has 0 atom stereocenters. The van der Waals surface area contributed by atoms with Crippen LogP contribution in [0.15, 0.2) is 121 Å². The highest BCUT2D eigenvalue weighted by molar-refractivity contribution is 6.18. The van der Waals surface area contributed by atoms with Crippen molar-refractivity contribution in [2.24, 2.45) is 0 Å². The second-order valence-corrected chi connectivity index (χ2v) is 8.67. The van der Waals surface area contributed by atoms with Crippen molar-refractivity contribution in [2.75, 3.05) is 10.6 Å². The van der Waals surface area contributed by atoms with Crippen LogP contribution in [-0.4, -0.2) is 11.8 Å².